The van der Waals surface area contributed by atoms with Crippen molar-refractivity contribution < 1.29 is 4.79 Å². The van der Waals surface area contributed by atoms with Gasteiger partial charge in [-0.05, 0) is 53.5 Å². The Bertz CT molecular complexity index is 392. The van der Waals surface area contributed by atoms with Gasteiger partial charge in [0.15, 0.2) is 0 Å². The first kappa shape index (κ1) is 12.2. The molecular weight excluding hydrogens is 336 g/mol. The molecule has 1 saturated carbocycles. The second-order valence-electron chi connectivity index (χ2n) is 4.04. The van der Waals surface area contributed by atoms with E-state index in [1.807, 2.05) is 24.3 Å². The van der Waals surface area contributed by atoms with Crippen molar-refractivity contribution in [1.82, 2.24) is 5.32 Å². The van der Waals surface area contributed by atoms with Crippen molar-refractivity contribution in [1.29, 1.82) is 0 Å². The van der Waals surface area contributed by atoms with E-state index in [4.69, 9.17) is 11.6 Å². The summed E-state index contributed by atoms with van der Waals surface area (Å²) in [5.74, 6) is 0.577. The van der Waals surface area contributed by atoms with Crippen molar-refractivity contribution in [3.05, 3.63) is 33.4 Å². The van der Waals surface area contributed by atoms with Crippen molar-refractivity contribution in [3.8, 4) is 0 Å². The summed E-state index contributed by atoms with van der Waals surface area (Å²) in [5, 5.41) is 2.97. The van der Waals surface area contributed by atoms with Gasteiger partial charge in [-0.15, -0.1) is 11.6 Å². The van der Waals surface area contributed by atoms with Crippen LogP contribution in [0.1, 0.15) is 23.2 Å². The topological polar surface area (TPSA) is 29.1 Å². The Labute approximate surface area is 114 Å². The van der Waals surface area contributed by atoms with Crippen molar-refractivity contribution in [3.63, 3.8) is 0 Å². The van der Waals surface area contributed by atoms with Crippen LogP contribution in [-0.4, -0.2) is 17.8 Å². The number of carbonyl (C=O) groups is 1. The van der Waals surface area contributed by atoms with E-state index >= 15 is 0 Å². The van der Waals surface area contributed by atoms with Gasteiger partial charge < -0.3 is 5.32 Å². The minimum Gasteiger partial charge on any atom is -0.351 e. The van der Waals surface area contributed by atoms with Crippen LogP contribution in [0.25, 0.3) is 0 Å². The van der Waals surface area contributed by atoms with Gasteiger partial charge in [0.25, 0.3) is 5.91 Å². The van der Waals surface area contributed by atoms with E-state index in [9.17, 15) is 4.79 Å². The molecule has 1 aliphatic carbocycles. The number of amides is 1. The predicted octanol–water partition coefficient (Wildman–Crippen LogP) is 3.04. The average Bonchev–Trinajstić information content (AvgIpc) is 3.10. The third-order valence-corrected chi connectivity index (χ3v) is 4.16. The van der Waals surface area contributed by atoms with E-state index in [2.05, 4.69) is 27.9 Å². The SMILES string of the molecule is O=C(NCC(Cl)C1CC1)c1ccccc1I. The highest BCUT2D eigenvalue weighted by Gasteiger charge is 2.29. The van der Waals surface area contributed by atoms with Crippen LogP contribution < -0.4 is 5.32 Å². The number of carbonyl (C=O) groups excluding carboxylic acids is 1. The molecule has 1 unspecified atom stereocenters. The van der Waals surface area contributed by atoms with Crippen molar-refractivity contribution in [2.75, 3.05) is 6.54 Å². The molecule has 86 valence electrons. The van der Waals surface area contributed by atoms with Crippen molar-refractivity contribution in [2.45, 2.75) is 18.2 Å². The van der Waals surface area contributed by atoms with E-state index in [1.54, 1.807) is 0 Å². The Kier molecular flexibility index (Phi) is 4.08. The Morgan fingerprint density at radius 2 is 2.19 bits per heavy atom. The fraction of sp³-hybridized carbons (Fsp3) is 0.417. The van der Waals surface area contributed by atoms with Gasteiger partial charge >= 0.3 is 0 Å². The molecule has 1 aromatic rings. The third-order valence-electron chi connectivity index (χ3n) is 2.71. The quantitative estimate of drug-likeness (QED) is 0.657. The summed E-state index contributed by atoms with van der Waals surface area (Å²) in [6.45, 7) is 0.566. The molecule has 1 amide bonds. The molecule has 0 bridgehead atoms. The predicted molar refractivity (Wildman–Crippen MR) is 73.9 cm³/mol. The fourth-order valence-electron chi connectivity index (χ4n) is 1.56. The second kappa shape index (κ2) is 5.36. The van der Waals surface area contributed by atoms with E-state index in [0.717, 1.165) is 9.13 Å². The Hall–Kier alpha value is -0.290. The van der Waals surface area contributed by atoms with Gasteiger partial charge in [0.2, 0.25) is 0 Å². The number of hydrogen-bond donors (Lipinski definition) is 1. The number of halogens is 2. The molecule has 1 atom stereocenters. The molecule has 0 radical (unpaired) electrons. The Morgan fingerprint density at radius 3 is 2.81 bits per heavy atom. The molecule has 0 aromatic heterocycles. The summed E-state index contributed by atoms with van der Waals surface area (Å²) in [6.07, 6.45) is 2.40. The number of rotatable bonds is 4. The zero-order valence-electron chi connectivity index (χ0n) is 8.75. The molecule has 16 heavy (non-hydrogen) atoms. The van der Waals surface area contributed by atoms with Crippen molar-refractivity contribution >= 4 is 40.1 Å². The second-order valence-corrected chi connectivity index (χ2v) is 5.77. The van der Waals surface area contributed by atoms with Crippen LogP contribution in [0.2, 0.25) is 0 Å². The molecule has 1 aromatic carbocycles. The van der Waals surface area contributed by atoms with Gasteiger partial charge in [0.05, 0.1) is 10.9 Å². The minimum atomic E-state index is -0.0312. The number of hydrogen-bond acceptors (Lipinski definition) is 1. The largest absolute Gasteiger partial charge is 0.351 e. The van der Waals surface area contributed by atoms with Gasteiger partial charge in [-0.3, -0.25) is 4.79 Å². The molecule has 2 rings (SSSR count). The summed E-state index contributed by atoms with van der Waals surface area (Å²) in [7, 11) is 0. The van der Waals surface area contributed by atoms with E-state index in [-0.39, 0.29) is 11.3 Å². The summed E-state index contributed by atoms with van der Waals surface area (Å²) in [6, 6.07) is 7.55. The minimum absolute atomic E-state index is 0.0312. The zero-order chi connectivity index (χ0) is 11.5. The van der Waals surface area contributed by atoms with E-state index in [1.165, 1.54) is 12.8 Å². The Morgan fingerprint density at radius 1 is 1.50 bits per heavy atom. The van der Waals surface area contributed by atoms with Gasteiger partial charge in [-0.2, -0.15) is 0 Å². The maximum Gasteiger partial charge on any atom is 0.252 e. The number of alkyl halides is 1. The first-order valence-electron chi connectivity index (χ1n) is 5.35. The average molecular weight is 350 g/mol. The molecule has 1 fully saturated rings. The maximum atomic E-state index is 11.8. The summed E-state index contributed by atoms with van der Waals surface area (Å²) in [5.41, 5.74) is 0.725. The van der Waals surface area contributed by atoms with Gasteiger partial charge in [0.1, 0.15) is 0 Å². The van der Waals surface area contributed by atoms with Crippen LogP contribution in [0.15, 0.2) is 24.3 Å². The van der Waals surface area contributed by atoms with Crippen LogP contribution in [0.3, 0.4) is 0 Å². The molecule has 2 nitrogen and oxygen atoms in total. The molecular formula is C12H13ClINO. The summed E-state index contributed by atoms with van der Waals surface area (Å²) in [4.78, 5) is 11.8. The normalized spacial score (nSPS) is 16.9. The maximum absolute atomic E-state index is 11.8. The molecule has 0 heterocycles. The van der Waals surface area contributed by atoms with Crippen molar-refractivity contribution in [2.24, 2.45) is 5.92 Å². The van der Waals surface area contributed by atoms with Gasteiger partial charge in [0, 0.05) is 10.1 Å². The number of nitrogens with one attached hydrogen (secondary N) is 1. The zero-order valence-corrected chi connectivity index (χ0v) is 11.7. The summed E-state index contributed by atoms with van der Waals surface area (Å²) < 4.78 is 0.968. The molecule has 0 spiro atoms. The lowest BCUT2D eigenvalue weighted by Crippen LogP contribution is -2.31. The lowest BCUT2D eigenvalue weighted by atomic mass is 10.2. The smallest absolute Gasteiger partial charge is 0.252 e. The first-order valence-corrected chi connectivity index (χ1v) is 6.87. The lowest BCUT2D eigenvalue weighted by Gasteiger charge is -2.10. The van der Waals surface area contributed by atoms with Gasteiger partial charge in [-0.1, -0.05) is 12.1 Å². The number of benzene rings is 1. The molecule has 0 saturated heterocycles. The standard InChI is InChI=1S/C12H13ClINO/c13-10(8-5-6-8)7-15-12(16)9-3-1-2-4-11(9)14/h1-4,8,10H,5-7H2,(H,15,16). The third kappa shape index (κ3) is 3.10. The van der Waals surface area contributed by atoms with E-state index in [0.29, 0.717) is 12.5 Å². The monoisotopic (exact) mass is 349 g/mol. The van der Waals surface area contributed by atoms with Crippen LogP contribution in [0.5, 0.6) is 0 Å². The molecule has 1 aliphatic rings. The van der Waals surface area contributed by atoms with Crippen LogP contribution >= 0.6 is 34.2 Å². The van der Waals surface area contributed by atoms with E-state index < -0.39 is 0 Å². The molecule has 1 N–H and O–H groups in total. The van der Waals surface area contributed by atoms with Crippen LogP contribution in [-0.2, 0) is 0 Å². The van der Waals surface area contributed by atoms with Crippen LogP contribution in [0.4, 0.5) is 0 Å². The molecule has 0 aliphatic heterocycles. The highest BCUT2D eigenvalue weighted by atomic mass is 127. The highest BCUT2D eigenvalue weighted by molar-refractivity contribution is 14.1. The highest BCUT2D eigenvalue weighted by Crippen LogP contribution is 2.35. The lowest BCUT2D eigenvalue weighted by molar-refractivity contribution is 0.0952. The molecule has 4 heteroatoms. The first-order chi connectivity index (χ1) is 7.68. The fourth-order valence-corrected chi connectivity index (χ4v) is 2.52. The van der Waals surface area contributed by atoms with Crippen LogP contribution in [0, 0.1) is 9.49 Å². The van der Waals surface area contributed by atoms with Gasteiger partial charge in [-0.25, -0.2) is 0 Å². The Balaban J connectivity index is 1.90. The summed E-state index contributed by atoms with van der Waals surface area (Å²) >= 11 is 8.30.